The molecule has 0 aliphatic carbocycles. The molecule has 9 nitrogen and oxygen atoms in total. The van der Waals surface area contributed by atoms with Gasteiger partial charge in [0.15, 0.2) is 0 Å². The van der Waals surface area contributed by atoms with E-state index >= 15 is 0 Å². The lowest BCUT2D eigenvalue weighted by Gasteiger charge is -2.13. The van der Waals surface area contributed by atoms with Gasteiger partial charge in [0, 0.05) is 23.2 Å². The maximum atomic E-state index is 12.9. The van der Waals surface area contributed by atoms with Gasteiger partial charge in [0.2, 0.25) is 0 Å². The molecular weight excluding hydrogens is 448 g/mol. The number of non-ortho nitro benzene ring substituents is 1. The zero-order valence-electron chi connectivity index (χ0n) is 16.4. The average Bonchev–Trinajstić information content (AvgIpc) is 2.74. The number of nitrogens with one attached hydrogen (secondary N) is 1. The van der Waals surface area contributed by atoms with E-state index in [1.165, 1.54) is 44.6 Å². The summed E-state index contributed by atoms with van der Waals surface area (Å²) in [6.07, 6.45) is 0. The van der Waals surface area contributed by atoms with Gasteiger partial charge >= 0.3 is 0 Å². The van der Waals surface area contributed by atoms with Gasteiger partial charge in [-0.2, -0.15) is 0 Å². The molecule has 3 aromatic carbocycles. The van der Waals surface area contributed by atoms with Crippen molar-refractivity contribution in [2.75, 3.05) is 18.9 Å². The number of nitro benzene ring substituents is 1. The van der Waals surface area contributed by atoms with Crippen LogP contribution in [0.25, 0.3) is 0 Å². The second-order valence-electron chi connectivity index (χ2n) is 6.15. The monoisotopic (exact) mass is 464 g/mol. The SMILES string of the molecule is COc1ccc(S(=O)(=O)Nc2cc(Oc3ccc(Cl)cc3)cc([N+](=O)[O-])c2)c(OC)c1. The van der Waals surface area contributed by atoms with Crippen LogP contribution < -0.4 is 18.9 Å². The largest absolute Gasteiger partial charge is 0.497 e. The normalized spacial score (nSPS) is 10.9. The molecule has 0 saturated carbocycles. The Hall–Kier alpha value is -3.50. The molecule has 0 unspecified atom stereocenters. The van der Waals surface area contributed by atoms with Gasteiger partial charge in [0.25, 0.3) is 15.7 Å². The van der Waals surface area contributed by atoms with E-state index in [4.69, 9.17) is 25.8 Å². The summed E-state index contributed by atoms with van der Waals surface area (Å²) >= 11 is 5.84. The van der Waals surface area contributed by atoms with Crippen LogP contribution in [0.5, 0.6) is 23.0 Å². The molecule has 0 radical (unpaired) electrons. The topological polar surface area (TPSA) is 117 Å². The summed E-state index contributed by atoms with van der Waals surface area (Å²) in [6, 6.07) is 14.1. The smallest absolute Gasteiger partial charge is 0.275 e. The zero-order chi connectivity index (χ0) is 22.6. The molecule has 0 aromatic heterocycles. The van der Waals surface area contributed by atoms with E-state index in [0.717, 1.165) is 6.07 Å². The summed E-state index contributed by atoms with van der Waals surface area (Å²) < 4.78 is 44.0. The lowest BCUT2D eigenvalue weighted by atomic mass is 10.2. The van der Waals surface area contributed by atoms with E-state index in [2.05, 4.69) is 4.72 Å². The van der Waals surface area contributed by atoms with Crippen molar-refractivity contribution in [1.82, 2.24) is 0 Å². The summed E-state index contributed by atoms with van der Waals surface area (Å²) in [5.41, 5.74) is -0.415. The molecule has 0 bridgehead atoms. The number of hydrogen-bond donors (Lipinski definition) is 1. The molecule has 162 valence electrons. The first kappa shape index (κ1) is 22.2. The van der Waals surface area contributed by atoms with Crippen molar-refractivity contribution in [1.29, 1.82) is 0 Å². The van der Waals surface area contributed by atoms with Crippen LogP contribution in [0.2, 0.25) is 5.02 Å². The highest BCUT2D eigenvalue weighted by molar-refractivity contribution is 7.92. The summed E-state index contributed by atoms with van der Waals surface area (Å²) in [7, 11) is -1.39. The third-order valence-electron chi connectivity index (χ3n) is 4.06. The number of rotatable bonds is 8. The van der Waals surface area contributed by atoms with Crippen molar-refractivity contribution in [2.24, 2.45) is 0 Å². The van der Waals surface area contributed by atoms with Crippen molar-refractivity contribution in [3.05, 3.63) is 75.8 Å². The van der Waals surface area contributed by atoms with Crippen molar-refractivity contribution < 1.29 is 27.6 Å². The molecule has 11 heteroatoms. The molecule has 0 saturated heterocycles. The lowest BCUT2D eigenvalue weighted by Crippen LogP contribution is -2.14. The highest BCUT2D eigenvalue weighted by Gasteiger charge is 2.22. The molecule has 0 aliphatic rings. The predicted octanol–water partition coefficient (Wildman–Crippen LogP) is 4.86. The van der Waals surface area contributed by atoms with Gasteiger partial charge < -0.3 is 14.2 Å². The summed E-state index contributed by atoms with van der Waals surface area (Å²) in [6.45, 7) is 0. The van der Waals surface area contributed by atoms with Crippen molar-refractivity contribution in [3.63, 3.8) is 0 Å². The zero-order valence-corrected chi connectivity index (χ0v) is 17.9. The standard InChI is InChI=1S/C20H17ClN2O7S/c1-28-17-7-8-20(19(12-17)29-2)31(26,27)22-14-9-15(23(24)25)11-18(10-14)30-16-5-3-13(21)4-6-16/h3-12,22H,1-2H3. The number of benzene rings is 3. The van der Waals surface area contributed by atoms with Gasteiger partial charge in [0.05, 0.1) is 30.9 Å². The highest BCUT2D eigenvalue weighted by atomic mass is 35.5. The van der Waals surface area contributed by atoms with Gasteiger partial charge in [-0.25, -0.2) is 8.42 Å². The van der Waals surface area contributed by atoms with Crippen LogP contribution in [0.4, 0.5) is 11.4 Å². The third-order valence-corrected chi connectivity index (χ3v) is 5.74. The Bertz CT molecular complexity index is 1210. The molecule has 0 atom stereocenters. The Balaban J connectivity index is 1.97. The molecule has 0 spiro atoms. The van der Waals surface area contributed by atoms with Crippen molar-refractivity contribution in [3.8, 4) is 23.0 Å². The molecule has 3 rings (SSSR count). The second-order valence-corrected chi connectivity index (χ2v) is 8.24. The van der Waals surface area contributed by atoms with E-state index < -0.39 is 14.9 Å². The minimum absolute atomic E-state index is 0.0509. The maximum absolute atomic E-state index is 12.9. The molecular formula is C20H17ClN2O7S. The number of nitrogens with zero attached hydrogens (tertiary/aromatic N) is 1. The Morgan fingerprint density at radius 1 is 0.903 bits per heavy atom. The van der Waals surface area contributed by atoms with Crippen molar-refractivity contribution in [2.45, 2.75) is 4.90 Å². The number of sulfonamides is 1. The number of hydrogen-bond acceptors (Lipinski definition) is 7. The number of ether oxygens (including phenoxy) is 3. The molecule has 3 aromatic rings. The number of nitro groups is 1. The first-order chi connectivity index (χ1) is 14.7. The molecule has 31 heavy (non-hydrogen) atoms. The van der Waals surface area contributed by atoms with Crippen LogP contribution in [-0.4, -0.2) is 27.6 Å². The minimum atomic E-state index is -4.14. The average molecular weight is 465 g/mol. The van der Waals surface area contributed by atoms with E-state index in [1.54, 1.807) is 24.3 Å². The molecule has 0 fully saturated rings. The van der Waals surface area contributed by atoms with Gasteiger partial charge in [-0.3, -0.25) is 14.8 Å². The van der Waals surface area contributed by atoms with Crippen LogP contribution in [0.15, 0.2) is 65.6 Å². The summed E-state index contributed by atoms with van der Waals surface area (Å²) in [4.78, 5) is 10.5. The van der Waals surface area contributed by atoms with E-state index in [9.17, 15) is 18.5 Å². The second kappa shape index (κ2) is 9.11. The first-order valence-corrected chi connectivity index (χ1v) is 10.6. The quantitative estimate of drug-likeness (QED) is 0.373. The van der Waals surface area contributed by atoms with Crippen LogP contribution >= 0.6 is 11.6 Å². The highest BCUT2D eigenvalue weighted by Crippen LogP contribution is 2.33. The van der Waals surface area contributed by atoms with Gasteiger partial charge in [-0.15, -0.1) is 0 Å². The third kappa shape index (κ3) is 5.36. The van der Waals surface area contributed by atoms with Crippen LogP contribution in [-0.2, 0) is 10.0 Å². The Kier molecular flexibility index (Phi) is 6.52. The lowest BCUT2D eigenvalue weighted by molar-refractivity contribution is -0.384. The van der Waals surface area contributed by atoms with Crippen LogP contribution in [0, 0.1) is 10.1 Å². The summed E-state index contributed by atoms with van der Waals surface area (Å²) in [5.74, 6) is 0.895. The van der Waals surface area contributed by atoms with E-state index in [-0.39, 0.29) is 27.8 Å². The molecule has 0 heterocycles. The van der Waals surface area contributed by atoms with Crippen LogP contribution in [0.1, 0.15) is 0 Å². The Morgan fingerprint density at radius 2 is 1.58 bits per heavy atom. The van der Waals surface area contributed by atoms with E-state index in [1.807, 2.05) is 0 Å². The minimum Gasteiger partial charge on any atom is -0.497 e. The molecule has 0 aliphatic heterocycles. The fourth-order valence-corrected chi connectivity index (χ4v) is 3.97. The number of methoxy groups -OCH3 is 2. The van der Waals surface area contributed by atoms with Gasteiger partial charge in [0.1, 0.15) is 27.9 Å². The fourth-order valence-electron chi connectivity index (χ4n) is 2.65. The van der Waals surface area contributed by atoms with Crippen molar-refractivity contribution >= 4 is 33.0 Å². The first-order valence-electron chi connectivity index (χ1n) is 8.69. The maximum Gasteiger partial charge on any atom is 0.275 e. The van der Waals surface area contributed by atoms with Crippen LogP contribution in [0.3, 0.4) is 0 Å². The Morgan fingerprint density at radius 3 is 2.19 bits per heavy atom. The molecule has 1 N–H and O–H groups in total. The number of halogens is 1. The number of anilines is 1. The predicted molar refractivity (Wildman–Crippen MR) is 115 cm³/mol. The van der Waals surface area contributed by atoms with Gasteiger partial charge in [-0.1, -0.05) is 11.6 Å². The fraction of sp³-hybridized carbons (Fsp3) is 0.100. The summed E-state index contributed by atoms with van der Waals surface area (Å²) in [5, 5.41) is 11.8. The Labute approximate surface area is 183 Å². The molecule has 0 amide bonds. The van der Waals surface area contributed by atoms with E-state index in [0.29, 0.717) is 16.5 Å². The van der Waals surface area contributed by atoms with Gasteiger partial charge in [-0.05, 0) is 36.4 Å².